The maximum atomic E-state index is 13.5. The molecule has 6 heteroatoms. The van der Waals surface area contributed by atoms with E-state index in [0.717, 1.165) is 24.9 Å². The minimum atomic E-state index is -0.716. The lowest BCUT2D eigenvalue weighted by Crippen LogP contribution is -2.50. The highest BCUT2D eigenvalue weighted by atomic mass is 35.5. The number of hydrogen-bond acceptors (Lipinski definition) is 3. The first-order chi connectivity index (χ1) is 15.4. The van der Waals surface area contributed by atoms with Gasteiger partial charge in [-0.2, -0.15) is 0 Å². The van der Waals surface area contributed by atoms with Gasteiger partial charge in [-0.1, -0.05) is 71.7 Å². The fourth-order valence-electron chi connectivity index (χ4n) is 4.18. The Bertz CT molecular complexity index is 1150. The number of hydrogen-bond donors (Lipinski definition) is 1. The number of amides is 1. The Morgan fingerprint density at radius 3 is 2.47 bits per heavy atom. The Morgan fingerprint density at radius 1 is 1.00 bits per heavy atom. The van der Waals surface area contributed by atoms with Crippen molar-refractivity contribution in [3.8, 4) is 0 Å². The van der Waals surface area contributed by atoms with Crippen LogP contribution in [0.25, 0.3) is 0 Å². The van der Waals surface area contributed by atoms with E-state index in [0.29, 0.717) is 33.4 Å². The van der Waals surface area contributed by atoms with Crippen LogP contribution in [-0.2, 0) is 11.3 Å². The maximum absolute atomic E-state index is 13.5. The van der Waals surface area contributed by atoms with Crippen LogP contribution in [0.3, 0.4) is 0 Å². The first-order valence-corrected chi connectivity index (χ1v) is 11.3. The number of anilines is 1. The van der Waals surface area contributed by atoms with Gasteiger partial charge in [0, 0.05) is 27.7 Å². The molecule has 0 aromatic heterocycles. The number of halogens is 2. The second-order valence-electron chi connectivity index (χ2n) is 8.23. The first kappa shape index (κ1) is 22.5. The van der Waals surface area contributed by atoms with Gasteiger partial charge in [0.15, 0.2) is 5.78 Å². The second kappa shape index (κ2) is 9.45. The standard InChI is InChI=1S/C26H24Cl2N2O2/c1-26(14-7-15-30(26)17-19-10-5-6-11-22(19)28)25(32)29-23-13-12-20(27)16-21(23)24(31)18-8-3-2-4-9-18/h2-6,8-13,16H,7,14-15,17H2,1H3,(H,29,32)/t26-/m1/s1. The zero-order chi connectivity index (χ0) is 22.7. The van der Waals surface area contributed by atoms with Gasteiger partial charge in [-0.3, -0.25) is 14.5 Å². The highest BCUT2D eigenvalue weighted by molar-refractivity contribution is 6.31. The number of likely N-dealkylation sites (tertiary alicyclic amines) is 1. The Balaban J connectivity index is 1.59. The summed E-state index contributed by atoms with van der Waals surface area (Å²) in [6, 6.07) is 21.6. The second-order valence-corrected chi connectivity index (χ2v) is 9.07. The van der Waals surface area contributed by atoms with Crippen LogP contribution >= 0.6 is 23.2 Å². The lowest BCUT2D eigenvalue weighted by atomic mass is 9.96. The summed E-state index contributed by atoms with van der Waals surface area (Å²) in [5.41, 5.74) is 1.64. The molecule has 1 N–H and O–H groups in total. The molecule has 1 aliphatic rings. The summed E-state index contributed by atoms with van der Waals surface area (Å²) in [5.74, 6) is -0.334. The van der Waals surface area contributed by atoms with E-state index in [1.165, 1.54) is 0 Å². The minimum Gasteiger partial charge on any atom is -0.324 e. The fourth-order valence-corrected chi connectivity index (χ4v) is 4.54. The lowest BCUT2D eigenvalue weighted by Gasteiger charge is -2.34. The monoisotopic (exact) mass is 466 g/mol. The van der Waals surface area contributed by atoms with Crippen LogP contribution in [0.1, 0.15) is 41.3 Å². The molecule has 0 unspecified atom stereocenters. The Morgan fingerprint density at radius 2 is 1.72 bits per heavy atom. The SMILES string of the molecule is C[C@]1(C(=O)Nc2ccc(Cl)cc2C(=O)c2ccccc2)CCCN1Cc1ccccc1Cl. The normalized spacial score (nSPS) is 18.5. The number of benzene rings is 3. The van der Waals surface area contributed by atoms with Crippen LogP contribution in [0, 0.1) is 0 Å². The quantitative estimate of drug-likeness (QED) is 0.438. The van der Waals surface area contributed by atoms with E-state index in [1.807, 2.05) is 49.4 Å². The Labute approximate surface area is 198 Å². The Kier molecular flexibility index (Phi) is 6.66. The summed E-state index contributed by atoms with van der Waals surface area (Å²) >= 11 is 12.5. The van der Waals surface area contributed by atoms with Crippen LogP contribution in [0.2, 0.25) is 10.0 Å². The molecule has 1 saturated heterocycles. The van der Waals surface area contributed by atoms with Gasteiger partial charge >= 0.3 is 0 Å². The van der Waals surface area contributed by atoms with Gasteiger partial charge in [0.25, 0.3) is 0 Å². The number of rotatable bonds is 6. The molecule has 3 aromatic carbocycles. The Hall–Kier alpha value is -2.66. The largest absolute Gasteiger partial charge is 0.324 e. The van der Waals surface area contributed by atoms with Crippen molar-refractivity contribution in [3.05, 3.63) is 99.5 Å². The van der Waals surface area contributed by atoms with Gasteiger partial charge in [-0.05, 0) is 56.1 Å². The molecule has 0 aliphatic carbocycles. The van der Waals surface area contributed by atoms with Gasteiger partial charge in [0.2, 0.25) is 5.91 Å². The summed E-state index contributed by atoms with van der Waals surface area (Å²) < 4.78 is 0. The molecule has 4 rings (SSSR count). The molecule has 1 fully saturated rings. The van der Waals surface area contributed by atoms with Crippen molar-refractivity contribution in [2.45, 2.75) is 31.8 Å². The smallest absolute Gasteiger partial charge is 0.244 e. The van der Waals surface area contributed by atoms with Crippen LogP contribution in [0.15, 0.2) is 72.8 Å². The molecule has 1 atom stereocenters. The molecule has 164 valence electrons. The van der Waals surface area contributed by atoms with E-state index in [4.69, 9.17) is 23.2 Å². The molecule has 0 saturated carbocycles. The van der Waals surface area contributed by atoms with E-state index in [-0.39, 0.29) is 11.7 Å². The van der Waals surface area contributed by atoms with Gasteiger partial charge < -0.3 is 5.32 Å². The summed E-state index contributed by atoms with van der Waals surface area (Å²) in [6.45, 7) is 3.33. The summed E-state index contributed by atoms with van der Waals surface area (Å²) in [4.78, 5) is 28.7. The van der Waals surface area contributed by atoms with E-state index in [9.17, 15) is 9.59 Å². The van der Waals surface area contributed by atoms with Gasteiger partial charge in [0.05, 0.1) is 11.2 Å². The molecular formula is C26H24Cl2N2O2. The number of carbonyl (C=O) groups excluding carboxylic acids is 2. The van der Waals surface area contributed by atoms with Crippen LogP contribution < -0.4 is 5.32 Å². The molecule has 0 radical (unpaired) electrons. The molecule has 1 aliphatic heterocycles. The topological polar surface area (TPSA) is 49.4 Å². The highest BCUT2D eigenvalue weighted by Crippen LogP contribution is 2.34. The fraction of sp³-hybridized carbons (Fsp3) is 0.231. The summed E-state index contributed by atoms with van der Waals surface area (Å²) in [7, 11) is 0. The molecule has 1 heterocycles. The third-order valence-corrected chi connectivity index (χ3v) is 6.71. The third kappa shape index (κ3) is 4.58. The van der Waals surface area contributed by atoms with Crippen molar-refractivity contribution in [1.29, 1.82) is 0 Å². The van der Waals surface area contributed by atoms with Crippen molar-refractivity contribution in [3.63, 3.8) is 0 Å². The summed E-state index contributed by atoms with van der Waals surface area (Å²) in [6.07, 6.45) is 1.63. The maximum Gasteiger partial charge on any atom is 0.244 e. The molecule has 3 aromatic rings. The summed E-state index contributed by atoms with van der Waals surface area (Å²) in [5, 5.41) is 4.14. The van der Waals surface area contributed by atoms with Crippen molar-refractivity contribution in [2.24, 2.45) is 0 Å². The van der Waals surface area contributed by atoms with Crippen LogP contribution in [0.5, 0.6) is 0 Å². The molecular weight excluding hydrogens is 443 g/mol. The zero-order valence-corrected chi connectivity index (χ0v) is 19.3. The van der Waals surface area contributed by atoms with E-state index >= 15 is 0 Å². The minimum absolute atomic E-state index is 0.147. The number of ketones is 1. The predicted octanol–water partition coefficient (Wildman–Crippen LogP) is 6.22. The van der Waals surface area contributed by atoms with Crippen LogP contribution in [-0.4, -0.2) is 28.7 Å². The zero-order valence-electron chi connectivity index (χ0n) is 17.8. The van der Waals surface area contributed by atoms with Gasteiger partial charge in [0.1, 0.15) is 0 Å². The van der Waals surface area contributed by atoms with E-state index < -0.39 is 5.54 Å². The predicted molar refractivity (Wildman–Crippen MR) is 129 cm³/mol. The molecule has 0 bridgehead atoms. The first-order valence-electron chi connectivity index (χ1n) is 10.6. The van der Waals surface area contributed by atoms with Crippen LogP contribution in [0.4, 0.5) is 5.69 Å². The highest BCUT2D eigenvalue weighted by Gasteiger charge is 2.43. The van der Waals surface area contributed by atoms with Crippen molar-refractivity contribution in [1.82, 2.24) is 4.90 Å². The molecule has 32 heavy (non-hydrogen) atoms. The lowest BCUT2D eigenvalue weighted by molar-refractivity contribution is -0.125. The molecule has 4 nitrogen and oxygen atoms in total. The molecule has 1 amide bonds. The average Bonchev–Trinajstić information content (AvgIpc) is 3.18. The van der Waals surface area contributed by atoms with E-state index in [1.54, 1.807) is 30.3 Å². The van der Waals surface area contributed by atoms with Crippen molar-refractivity contribution in [2.75, 3.05) is 11.9 Å². The van der Waals surface area contributed by atoms with Crippen molar-refractivity contribution < 1.29 is 9.59 Å². The van der Waals surface area contributed by atoms with Gasteiger partial charge in [-0.15, -0.1) is 0 Å². The van der Waals surface area contributed by atoms with E-state index in [2.05, 4.69) is 10.2 Å². The average molecular weight is 467 g/mol. The number of carbonyl (C=O) groups is 2. The number of nitrogens with zero attached hydrogens (tertiary/aromatic N) is 1. The molecule has 0 spiro atoms. The van der Waals surface area contributed by atoms with Crippen molar-refractivity contribution >= 4 is 40.6 Å². The third-order valence-electron chi connectivity index (χ3n) is 6.11. The number of nitrogens with one attached hydrogen (secondary N) is 1. The van der Waals surface area contributed by atoms with Gasteiger partial charge in [-0.25, -0.2) is 0 Å².